The number of nitrogens with one attached hydrogen (secondary N) is 1. The summed E-state index contributed by atoms with van der Waals surface area (Å²) in [6.07, 6.45) is 0.796. The first-order valence-electron chi connectivity index (χ1n) is 6.38. The Morgan fingerprint density at radius 1 is 1.00 bits per heavy atom. The van der Waals surface area contributed by atoms with Crippen molar-refractivity contribution in [3.05, 3.63) is 71.8 Å². The summed E-state index contributed by atoms with van der Waals surface area (Å²) in [6.45, 7) is 2.13. The van der Waals surface area contributed by atoms with Gasteiger partial charge in [-0.3, -0.25) is 0 Å². The second-order valence-electron chi connectivity index (χ2n) is 4.51. The third-order valence-corrected chi connectivity index (χ3v) is 6.29. The molecule has 0 fully saturated rings. The van der Waals surface area contributed by atoms with E-state index in [-0.39, 0.29) is 6.04 Å². The molecule has 0 aliphatic heterocycles. The molecule has 0 aliphatic rings. The Balaban J connectivity index is 2.10. The van der Waals surface area contributed by atoms with E-state index in [9.17, 15) is 0 Å². The first-order chi connectivity index (χ1) is 9.66. The average molecular weight is 395 g/mol. The number of hydrogen-bond donors (Lipinski definition) is 1. The molecule has 20 heavy (non-hydrogen) atoms. The second-order valence-corrected chi connectivity index (χ2v) is 10.4. The normalized spacial score (nSPS) is 12.8. The van der Waals surface area contributed by atoms with Crippen LogP contribution in [0.2, 0.25) is 0 Å². The molecule has 0 spiro atoms. The molecule has 0 saturated carbocycles. The maximum absolute atomic E-state index is 6.23. The third-order valence-electron chi connectivity index (χ3n) is 3.03. The van der Waals surface area contributed by atoms with Crippen molar-refractivity contribution in [2.45, 2.75) is 19.4 Å². The summed E-state index contributed by atoms with van der Waals surface area (Å²) in [4.78, 5) is 0. The molecule has 0 saturated heterocycles. The van der Waals surface area contributed by atoms with Crippen LogP contribution in [0.25, 0.3) is 0 Å². The summed E-state index contributed by atoms with van der Waals surface area (Å²) >= 11 is -1.93. The minimum atomic E-state index is -1.93. The van der Waals surface area contributed by atoms with Crippen LogP contribution in [0.15, 0.2) is 60.7 Å². The molecule has 2 aromatic carbocycles. The molecule has 108 valence electrons. The Morgan fingerprint density at radius 2 is 1.55 bits per heavy atom. The summed E-state index contributed by atoms with van der Waals surface area (Å²) in [5.41, 5.74) is 2.47. The van der Waals surface area contributed by atoms with Gasteiger partial charge < -0.3 is 0 Å². The fraction of sp³-hybridized carbons (Fsp3) is 0.188. The molecule has 0 bridgehead atoms. The van der Waals surface area contributed by atoms with Crippen LogP contribution >= 0.6 is 19.4 Å². The van der Waals surface area contributed by atoms with E-state index < -0.39 is 13.5 Å². The van der Waals surface area contributed by atoms with Crippen LogP contribution in [0, 0.1) is 0 Å². The molecule has 2 aromatic rings. The predicted octanol–water partition coefficient (Wildman–Crippen LogP) is 4.64. The van der Waals surface area contributed by atoms with Gasteiger partial charge in [-0.25, -0.2) is 0 Å². The van der Waals surface area contributed by atoms with Crippen molar-refractivity contribution in [3.63, 3.8) is 0 Å². The summed E-state index contributed by atoms with van der Waals surface area (Å²) in [7, 11) is 12.5. The second kappa shape index (κ2) is 8.05. The van der Waals surface area contributed by atoms with Crippen molar-refractivity contribution in [3.8, 4) is 0 Å². The van der Waals surface area contributed by atoms with Gasteiger partial charge in [0.1, 0.15) is 0 Å². The van der Waals surface area contributed by atoms with Gasteiger partial charge in [0.05, 0.1) is 0 Å². The van der Waals surface area contributed by atoms with Gasteiger partial charge in [0, 0.05) is 0 Å². The van der Waals surface area contributed by atoms with E-state index in [1.165, 1.54) is 11.1 Å². The zero-order valence-electron chi connectivity index (χ0n) is 11.2. The molecule has 0 heterocycles. The molecular weight excluding hydrogens is 378 g/mol. The van der Waals surface area contributed by atoms with Crippen LogP contribution in [0.4, 0.5) is 0 Å². The van der Waals surface area contributed by atoms with Gasteiger partial charge in [-0.05, 0) is 0 Å². The number of halogens is 2. The van der Waals surface area contributed by atoms with Crippen LogP contribution in [-0.4, -0.2) is 4.23 Å². The zero-order valence-corrected chi connectivity index (χ0v) is 14.4. The van der Waals surface area contributed by atoms with Crippen molar-refractivity contribution in [2.75, 3.05) is 0 Å². The van der Waals surface area contributed by atoms with Crippen LogP contribution in [0.1, 0.15) is 24.1 Å². The predicted molar refractivity (Wildman–Crippen MR) is 84.9 cm³/mol. The van der Waals surface area contributed by atoms with Crippen LogP contribution in [-0.2, 0) is 19.9 Å². The van der Waals surface area contributed by atoms with E-state index in [0.717, 1.165) is 10.7 Å². The number of hydrogen-bond acceptors (Lipinski definition) is 1. The van der Waals surface area contributed by atoms with Gasteiger partial charge in [0.25, 0.3) is 0 Å². The average Bonchev–Trinajstić information content (AvgIpc) is 2.48. The van der Waals surface area contributed by atoms with E-state index >= 15 is 0 Å². The van der Waals surface area contributed by atoms with Crippen LogP contribution < -0.4 is 5.32 Å². The maximum atomic E-state index is 6.23. The molecule has 1 N–H and O–H groups in total. The van der Waals surface area contributed by atoms with Gasteiger partial charge in [0.15, 0.2) is 0 Å². The Hall–Kier alpha value is -0.527. The van der Waals surface area contributed by atoms with Crippen molar-refractivity contribution in [2.24, 2.45) is 0 Å². The molecular formula is C16H17Cl2NRu. The fourth-order valence-corrected chi connectivity index (χ4v) is 4.13. The summed E-state index contributed by atoms with van der Waals surface area (Å²) < 4.78 is 1.07. The van der Waals surface area contributed by atoms with E-state index in [0.29, 0.717) is 0 Å². The Bertz CT molecular complexity index is 566. The van der Waals surface area contributed by atoms with E-state index in [1.807, 2.05) is 36.4 Å². The summed E-state index contributed by atoms with van der Waals surface area (Å²) in [5.74, 6) is 0. The molecule has 1 nitrogen and oxygen atoms in total. The van der Waals surface area contributed by atoms with Crippen molar-refractivity contribution < 1.29 is 13.5 Å². The van der Waals surface area contributed by atoms with E-state index in [1.54, 1.807) is 0 Å². The minimum absolute atomic E-state index is 0.212. The zero-order chi connectivity index (χ0) is 14.4. The summed E-state index contributed by atoms with van der Waals surface area (Å²) in [5, 5.41) is 3.50. The first kappa shape index (κ1) is 15.9. The van der Waals surface area contributed by atoms with Gasteiger partial charge in [0.2, 0.25) is 0 Å². The van der Waals surface area contributed by atoms with Gasteiger partial charge in [-0.15, -0.1) is 0 Å². The van der Waals surface area contributed by atoms with Crippen molar-refractivity contribution in [1.82, 2.24) is 5.32 Å². The Labute approximate surface area is 133 Å². The van der Waals surface area contributed by atoms with Gasteiger partial charge in [-0.1, -0.05) is 0 Å². The number of rotatable bonds is 5. The SMILES string of the molecule is C[C@@H](N[C](Cc1ccccc1)=[Ru]([Cl])[Cl])c1ccccc1. The van der Waals surface area contributed by atoms with Crippen molar-refractivity contribution >= 4 is 23.6 Å². The standard InChI is InChI=1S/C16H17N.2ClH.Ru/c1-14(16-10-6-3-7-11-16)17-13-12-15-8-4-2-5-9-15;;;/h2-11,14,17H,12H2,1H3;2*1H;/q;;;+2/p-2/t14-;;;/m1.../s1. The first-order valence-corrected chi connectivity index (χ1v) is 11.7. The molecule has 2 rings (SSSR count). The monoisotopic (exact) mass is 395 g/mol. The van der Waals surface area contributed by atoms with E-state index in [2.05, 4.69) is 36.5 Å². The fourth-order valence-electron chi connectivity index (χ4n) is 1.96. The topological polar surface area (TPSA) is 12.0 Å². The molecule has 0 radical (unpaired) electrons. The molecule has 0 unspecified atom stereocenters. The molecule has 4 heteroatoms. The summed E-state index contributed by atoms with van der Waals surface area (Å²) in [6, 6.07) is 20.8. The molecule has 1 atom stereocenters. The van der Waals surface area contributed by atoms with Crippen molar-refractivity contribution in [1.29, 1.82) is 0 Å². The van der Waals surface area contributed by atoms with Crippen LogP contribution in [0.5, 0.6) is 0 Å². The third kappa shape index (κ3) is 4.79. The van der Waals surface area contributed by atoms with Crippen LogP contribution in [0.3, 0.4) is 0 Å². The quantitative estimate of drug-likeness (QED) is 0.728. The van der Waals surface area contributed by atoms with Gasteiger partial charge in [-0.2, -0.15) is 0 Å². The Kier molecular flexibility index (Phi) is 6.38. The molecule has 0 aliphatic carbocycles. The van der Waals surface area contributed by atoms with E-state index in [4.69, 9.17) is 19.4 Å². The molecule has 0 amide bonds. The molecule has 0 aromatic heterocycles. The Morgan fingerprint density at radius 3 is 2.10 bits per heavy atom. The number of benzene rings is 2. The van der Waals surface area contributed by atoms with Gasteiger partial charge >= 0.3 is 134 Å².